The Balaban J connectivity index is 1.41. The second-order valence-corrected chi connectivity index (χ2v) is 10.4. The van der Waals surface area contributed by atoms with Gasteiger partial charge in [-0.15, -0.1) is 0 Å². The Morgan fingerprint density at radius 3 is 2.11 bits per heavy atom. The molecule has 3 aromatic rings. The van der Waals surface area contributed by atoms with E-state index in [1.807, 2.05) is 24.3 Å². The summed E-state index contributed by atoms with van der Waals surface area (Å²) >= 11 is 0. The molecule has 1 fully saturated rings. The lowest BCUT2D eigenvalue weighted by Crippen LogP contribution is -2.51. The number of para-hydroxylation sites is 1. The maximum Gasteiger partial charge on any atom is 0.264 e. The summed E-state index contributed by atoms with van der Waals surface area (Å²) in [6.45, 7) is 3.14. The number of benzene rings is 3. The van der Waals surface area contributed by atoms with E-state index < -0.39 is 10.0 Å². The van der Waals surface area contributed by atoms with E-state index in [0.29, 0.717) is 24.5 Å². The summed E-state index contributed by atoms with van der Waals surface area (Å²) in [4.78, 5) is 17.4. The molecule has 3 aromatic carbocycles. The maximum atomic E-state index is 13.5. The molecule has 0 aliphatic carbocycles. The average molecular weight is 506 g/mol. The van der Waals surface area contributed by atoms with Crippen molar-refractivity contribution in [3.63, 3.8) is 0 Å². The van der Waals surface area contributed by atoms with Gasteiger partial charge < -0.3 is 9.64 Å². The smallest absolute Gasteiger partial charge is 0.264 e. The highest BCUT2D eigenvalue weighted by Gasteiger charge is 2.30. The Morgan fingerprint density at radius 2 is 1.50 bits per heavy atom. The van der Waals surface area contributed by atoms with Gasteiger partial charge in [-0.3, -0.25) is 14.0 Å². The van der Waals surface area contributed by atoms with Gasteiger partial charge >= 0.3 is 0 Å². The number of anilines is 1. The number of amides is 1. The summed E-state index contributed by atoms with van der Waals surface area (Å²) in [5, 5.41) is 0. The lowest BCUT2D eigenvalue weighted by Gasteiger charge is -2.35. The monoisotopic (exact) mass is 505 g/mol. The molecule has 1 saturated heterocycles. The van der Waals surface area contributed by atoms with Crippen LogP contribution in [0.15, 0.2) is 95.9 Å². The average Bonchev–Trinajstić information content (AvgIpc) is 2.93. The SMILES string of the molecule is COc1ccc(S(=O)(=O)N(CC(=O)N2CCN(C/C=C/c3ccccc3)CC2)c2ccccc2)cc1. The number of hydrogen-bond donors (Lipinski definition) is 0. The van der Waals surface area contributed by atoms with Gasteiger partial charge in [0.15, 0.2) is 0 Å². The normalized spacial score (nSPS) is 14.6. The molecule has 1 heterocycles. The van der Waals surface area contributed by atoms with Crippen LogP contribution in [0, 0.1) is 0 Å². The third-order valence-corrected chi connectivity index (χ3v) is 7.96. The fourth-order valence-electron chi connectivity index (χ4n) is 4.09. The zero-order valence-electron chi connectivity index (χ0n) is 20.4. The topological polar surface area (TPSA) is 70.2 Å². The van der Waals surface area contributed by atoms with E-state index in [9.17, 15) is 13.2 Å². The highest BCUT2D eigenvalue weighted by Crippen LogP contribution is 2.25. The molecule has 8 heteroatoms. The van der Waals surface area contributed by atoms with E-state index in [2.05, 4.69) is 29.2 Å². The number of rotatable bonds is 9. The second-order valence-electron chi connectivity index (χ2n) is 8.52. The summed E-state index contributed by atoms with van der Waals surface area (Å²) < 4.78 is 33.4. The van der Waals surface area contributed by atoms with Crippen LogP contribution >= 0.6 is 0 Å². The largest absolute Gasteiger partial charge is 0.497 e. The molecular weight excluding hydrogens is 474 g/mol. The van der Waals surface area contributed by atoms with E-state index in [0.717, 1.165) is 25.2 Å². The Labute approximate surface area is 213 Å². The van der Waals surface area contributed by atoms with Crippen LogP contribution in [0.2, 0.25) is 0 Å². The number of hydrogen-bond acceptors (Lipinski definition) is 5. The fourth-order valence-corrected chi connectivity index (χ4v) is 5.50. The van der Waals surface area contributed by atoms with Crippen molar-refractivity contribution in [3.05, 3.63) is 96.6 Å². The molecule has 7 nitrogen and oxygen atoms in total. The predicted molar refractivity (Wildman–Crippen MR) is 142 cm³/mol. The summed E-state index contributed by atoms with van der Waals surface area (Å²) in [5.41, 5.74) is 1.61. The molecule has 188 valence electrons. The Bertz CT molecular complexity index is 1260. The van der Waals surface area contributed by atoms with Crippen molar-refractivity contribution in [2.75, 3.05) is 50.7 Å². The van der Waals surface area contributed by atoms with Crippen LogP contribution in [-0.2, 0) is 14.8 Å². The van der Waals surface area contributed by atoms with E-state index in [1.54, 1.807) is 41.3 Å². The van der Waals surface area contributed by atoms with Crippen molar-refractivity contribution in [1.29, 1.82) is 0 Å². The standard InChI is InChI=1S/C28H31N3O4S/c1-35-26-14-16-27(17-15-26)36(33,34)31(25-12-6-3-7-13-25)23-28(32)30-21-19-29(20-22-30)18-8-11-24-9-4-2-5-10-24/h2-17H,18-23H2,1H3/b11-8+. The molecule has 1 aliphatic heterocycles. The summed E-state index contributed by atoms with van der Waals surface area (Å²) in [6, 6.07) is 25.1. The zero-order chi connectivity index (χ0) is 25.4. The van der Waals surface area contributed by atoms with Gasteiger partial charge in [0.05, 0.1) is 17.7 Å². The lowest BCUT2D eigenvalue weighted by molar-refractivity contribution is -0.131. The van der Waals surface area contributed by atoms with E-state index in [1.165, 1.54) is 23.5 Å². The van der Waals surface area contributed by atoms with Crippen molar-refractivity contribution < 1.29 is 17.9 Å². The van der Waals surface area contributed by atoms with Crippen LogP contribution in [0.4, 0.5) is 5.69 Å². The molecular formula is C28H31N3O4S. The molecule has 0 N–H and O–H groups in total. The van der Waals surface area contributed by atoms with Gasteiger partial charge in [-0.25, -0.2) is 8.42 Å². The second kappa shape index (κ2) is 11.9. The minimum absolute atomic E-state index is 0.106. The van der Waals surface area contributed by atoms with E-state index in [-0.39, 0.29) is 17.3 Å². The molecule has 0 bridgehead atoms. The Hall–Kier alpha value is -3.62. The van der Waals surface area contributed by atoms with Gasteiger partial charge in [0.1, 0.15) is 12.3 Å². The van der Waals surface area contributed by atoms with Crippen molar-refractivity contribution in [1.82, 2.24) is 9.80 Å². The third kappa shape index (κ3) is 6.33. The molecule has 0 unspecified atom stereocenters. The van der Waals surface area contributed by atoms with Crippen molar-refractivity contribution in [3.8, 4) is 5.75 Å². The van der Waals surface area contributed by atoms with Gasteiger partial charge in [0.2, 0.25) is 5.91 Å². The highest BCUT2D eigenvalue weighted by molar-refractivity contribution is 7.92. The highest BCUT2D eigenvalue weighted by atomic mass is 32.2. The molecule has 0 atom stereocenters. The number of nitrogens with zero attached hydrogens (tertiary/aromatic N) is 3. The van der Waals surface area contributed by atoms with E-state index >= 15 is 0 Å². The van der Waals surface area contributed by atoms with Gasteiger partial charge in [-0.05, 0) is 42.0 Å². The molecule has 4 rings (SSSR count). The molecule has 0 spiro atoms. The van der Waals surface area contributed by atoms with Crippen LogP contribution in [0.25, 0.3) is 6.08 Å². The van der Waals surface area contributed by atoms with Crippen LogP contribution in [0.5, 0.6) is 5.75 Å². The minimum Gasteiger partial charge on any atom is -0.497 e. The van der Waals surface area contributed by atoms with Gasteiger partial charge in [-0.2, -0.15) is 0 Å². The number of carbonyl (C=O) groups excluding carboxylic acids is 1. The number of carbonyl (C=O) groups is 1. The molecule has 0 radical (unpaired) electrons. The van der Waals surface area contributed by atoms with E-state index in [4.69, 9.17) is 4.74 Å². The predicted octanol–water partition coefficient (Wildman–Crippen LogP) is 3.75. The molecule has 0 saturated carbocycles. The Morgan fingerprint density at radius 1 is 0.889 bits per heavy atom. The van der Waals surface area contributed by atoms with Crippen molar-refractivity contribution in [2.24, 2.45) is 0 Å². The fraction of sp³-hybridized carbons (Fsp3) is 0.250. The summed E-state index contributed by atoms with van der Waals surface area (Å²) in [6.07, 6.45) is 4.23. The minimum atomic E-state index is -3.95. The number of ether oxygens (including phenoxy) is 1. The molecule has 36 heavy (non-hydrogen) atoms. The molecule has 0 aromatic heterocycles. The van der Waals surface area contributed by atoms with Crippen LogP contribution in [0.3, 0.4) is 0 Å². The van der Waals surface area contributed by atoms with Gasteiger partial charge in [-0.1, -0.05) is 60.7 Å². The quantitative estimate of drug-likeness (QED) is 0.443. The first-order valence-electron chi connectivity index (χ1n) is 11.9. The van der Waals surface area contributed by atoms with Crippen molar-refractivity contribution in [2.45, 2.75) is 4.90 Å². The number of piperazine rings is 1. The number of sulfonamides is 1. The van der Waals surface area contributed by atoms with Crippen LogP contribution in [0.1, 0.15) is 5.56 Å². The Kier molecular flexibility index (Phi) is 8.40. The maximum absolute atomic E-state index is 13.5. The third-order valence-electron chi connectivity index (χ3n) is 6.17. The summed E-state index contributed by atoms with van der Waals surface area (Å²) in [7, 11) is -2.43. The van der Waals surface area contributed by atoms with Crippen molar-refractivity contribution >= 4 is 27.7 Å². The van der Waals surface area contributed by atoms with Crippen LogP contribution in [-0.4, -0.2) is 70.5 Å². The van der Waals surface area contributed by atoms with Crippen LogP contribution < -0.4 is 9.04 Å². The van der Waals surface area contributed by atoms with Gasteiger partial charge in [0, 0.05) is 32.7 Å². The summed E-state index contributed by atoms with van der Waals surface area (Å²) in [5.74, 6) is 0.350. The zero-order valence-corrected chi connectivity index (χ0v) is 21.2. The number of methoxy groups -OCH3 is 1. The molecule has 1 amide bonds. The first-order valence-corrected chi connectivity index (χ1v) is 13.3. The first kappa shape index (κ1) is 25.5. The first-order chi connectivity index (χ1) is 17.5. The lowest BCUT2D eigenvalue weighted by atomic mass is 10.2. The molecule has 1 aliphatic rings. The van der Waals surface area contributed by atoms with Gasteiger partial charge in [0.25, 0.3) is 10.0 Å².